The van der Waals surface area contributed by atoms with Gasteiger partial charge in [0.25, 0.3) is 5.91 Å². The number of hydrogen-bond donors (Lipinski definition) is 0. The van der Waals surface area contributed by atoms with Crippen LogP contribution in [-0.4, -0.2) is 23.9 Å². The van der Waals surface area contributed by atoms with E-state index in [9.17, 15) is 9.59 Å². The number of rotatable bonds is 5. The SMILES string of the molecule is C=CCN(CC=C)C(=O)c1cc2cc(Br)ccc2oc1=O. The lowest BCUT2D eigenvalue weighted by molar-refractivity contribution is 0.0787. The Bertz CT molecular complexity index is 754. The molecular formula is C16H14BrNO3. The molecule has 0 atom stereocenters. The average Bonchev–Trinajstić information content (AvgIpc) is 2.46. The molecule has 0 radical (unpaired) electrons. The Morgan fingerprint density at radius 1 is 1.24 bits per heavy atom. The van der Waals surface area contributed by atoms with Crippen molar-refractivity contribution in [2.24, 2.45) is 0 Å². The van der Waals surface area contributed by atoms with Crippen molar-refractivity contribution in [3.05, 3.63) is 70.0 Å². The summed E-state index contributed by atoms with van der Waals surface area (Å²) in [5.41, 5.74) is -0.198. The molecule has 21 heavy (non-hydrogen) atoms. The molecular weight excluding hydrogens is 334 g/mol. The lowest BCUT2D eigenvalue weighted by Crippen LogP contribution is -2.34. The molecule has 0 aliphatic rings. The van der Waals surface area contributed by atoms with Crippen LogP contribution in [0.2, 0.25) is 0 Å². The van der Waals surface area contributed by atoms with E-state index in [1.165, 1.54) is 4.90 Å². The third-order valence-corrected chi connectivity index (χ3v) is 3.40. The van der Waals surface area contributed by atoms with Crippen molar-refractivity contribution in [2.75, 3.05) is 13.1 Å². The van der Waals surface area contributed by atoms with Crippen molar-refractivity contribution in [1.82, 2.24) is 4.90 Å². The summed E-state index contributed by atoms with van der Waals surface area (Å²) in [5.74, 6) is -0.398. The monoisotopic (exact) mass is 347 g/mol. The molecule has 2 aromatic rings. The Balaban J connectivity index is 2.51. The van der Waals surface area contributed by atoms with Gasteiger partial charge < -0.3 is 9.32 Å². The summed E-state index contributed by atoms with van der Waals surface area (Å²) in [6.07, 6.45) is 3.20. The molecule has 4 nitrogen and oxygen atoms in total. The van der Waals surface area contributed by atoms with Crippen molar-refractivity contribution < 1.29 is 9.21 Å². The van der Waals surface area contributed by atoms with Gasteiger partial charge in [0.15, 0.2) is 0 Å². The molecule has 0 saturated heterocycles. The summed E-state index contributed by atoms with van der Waals surface area (Å²) in [6, 6.07) is 6.79. The minimum atomic E-state index is -0.645. The first kappa shape index (κ1) is 15.3. The molecule has 0 spiro atoms. The maximum atomic E-state index is 12.4. The van der Waals surface area contributed by atoms with E-state index in [1.54, 1.807) is 36.4 Å². The average molecular weight is 348 g/mol. The van der Waals surface area contributed by atoms with Crippen molar-refractivity contribution >= 4 is 32.8 Å². The number of nitrogens with zero attached hydrogens (tertiary/aromatic N) is 1. The molecule has 0 N–H and O–H groups in total. The molecule has 0 unspecified atom stereocenters. The summed E-state index contributed by atoms with van der Waals surface area (Å²) in [6.45, 7) is 7.88. The van der Waals surface area contributed by atoms with Crippen molar-refractivity contribution in [3.63, 3.8) is 0 Å². The molecule has 1 aromatic heterocycles. The van der Waals surface area contributed by atoms with Gasteiger partial charge in [-0.05, 0) is 24.3 Å². The minimum absolute atomic E-state index is 0.00398. The number of benzene rings is 1. The zero-order valence-corrected chi connectivity index (χ0v) is 12.9. The summed E-state index contributed by atoms with van der Waals surface area (Å²) in [5, 5.41) is 0.685. The Labute approximate surface area is 130 Å². The van der Waals surface area contributed by atoms with E-state index in [2.05, 4.69) is 29.1 Å². The first-order valence-electron chi connectivity index (χ1n) is 6.31. The van der Waals surface area contributed by atoms with Gasteiger partial charge in [-0.15, -0.1) is 13.2 Å². The van der Waals surface area contributed by atoms with E-state index >= 15 is 0 Å². The smallest absolute Gasteiger partial charge is 0.349 e. The topological polar surface area (TPSA) is 50.5 Å². The third-order valence-electron chi connectivity index (χ3n) is 2.91. The van der Waals surface area contributed by atoms with E-state index in [0.717, 1.165) is 4.47 Å². The van der Waals surface area contributed by atoms with Crippen molar-refractivity contribution in [1.29, 1.82) is 0 Å². The molecule has 0 aliphatic heterocycles. The van der Waals surface area contributed by atoms with Crippen LogP contribution in [0.3, 0.4) is 0 Å². The van der Waals surface area contributed by atoms with E-state index in [0.29, 0.717) is 24.1 Å². The number of fused-ring (bicyclic) bond motifs is 1. The Morgan fingerprint density at radius 2 is 1.90 bits per heavy atom. The molecule has 1 amide bonds. The fourth-order valence-corrected chi connectivity index (χ4v) is 2.34. The van der Waals surface area contributed by atoms with Crippen molar-refractivity contribution in [3.8, 4) is 0 Å². The number of carbonyl (C=O) groups is 1. The van der Waals surface area contributed by atoms with Crippen LogP contribution in [0.5, 0.6) is 0 Å². The Morgan fingerprint density at radius 3 is 2.52 bits per heavy atom. The van der Waals surface area contributed by atoms with E-state index < -0.39 is 11.5 Å². The highest BCUT2D eigenvalue weighted by molar-refractivity contribution is 9.10. The maximum Gasteiger partial charge on any atom is 0.349 e. The van der Waals surface area contributed by atoms with Crippen LogP contribution in [0.1, 0.15) is 10.4 Å². The largest absolute Gasteiger partial charge is 0.422 e. The van der Waals surface area contributed by atoms with Crippen LogP contribution >= 0.6 is 15.9 Å². The molecule has 0 fully saturated rings. The van der Waals surface area contributed by atoms with Gasteiger partial charge in [-0.25, -0.2) is 4.79 Å². The lowest BCUT2D eigenvalue weighted by atomic mass is 10.1. The van der Waals surface area contributed by atoms with Gasteiger partial charge in [-0.3, -0.25) is 4.79 Å². The van der Waals surface area contributed by atoms with Gasteiger partial charge in [-0.2, -0.15) is 0 Å². The normalized spacial score (nSPS) is 10.3. The molecule has 5 heteroatoms. The highest BCUT2D eigenvalue weighted by Crippen LogP contribution is 2.19. The van der Waals surface area contributed by atoms with Gasteiger partial charge in [0.1, 0.15) is 11.1 Å². The van der Waals surface area contributed by atoms with Crippen LogP contribution in [0.25, 0.3) is 11.0 Å². The second-order valence-corrected chi connectivity index (χ2v) is 5.33. The standard InChI is InChI=1S/C16H14BrNO3/c1-3-7-18(8-4-2)15(19)13-10-11-9-12(17)5-6-14(11)21-16(13)20/h3-6,9-10H,1-2,7-8H2. The zero-order chi connectivity index (χ0) is 15.4. The zero-order valence-electron chi connectivity index (χ0n) is 11.3. The second kappa shape index (κ2) is 6.54. The molecule has 0 aliphatic carbocycles. The van der Waals surface area contributed by atoms with Crippen LogP contribution in [0.15, 0.2) is 63.3 Å². The number of hydrogen-bond acceptors (Lipinski definition) is 3. The van der Waals surface area contributed by atoms with Gasteiger partial charge in [0, 0.05) is 22.9 Å². The van der Waals surface area contributed by atoms with Gasteiger partial charge in [-0.1, -0.05) is 28.1 Å². The van der Waals surface area contributed by atoms with Crippen LogP contribution in [-0.2, 0) is 0 Å². The predicted molar refractivity (Wildman–Crippen MR) is 86.5 cm³/mol. The molecule has 1 heterocycles. The fraction of sp³-hybridized carbons (Fsp3) is 0.125. The molecule has 2 rings (SSSR count). The number of amides is 1. The second-order valence-electron chi connectivity index (χ2n) is 4.42. The van der Waals surface area contributed by atoms with E-state index in [1.807, 2.05) is 0 Å². The first-order chi connectivity index (χ1) is 10.1. The van der Waals surface area contributed by atoms with Crippen LogP contribution < -0.4 is 5.63 Å². The Kier molecular flexibility index (Phi) is 4.75. The molecule has 108 valence electrons. The van der Waals surface area contributed by atoms with Gasteiger partial charge >= 0.3 is 5.63 Å². The molecule has 0 bridgehead atoms. The Hall–Kier alpha value is -2.14. The van der Waals surface area contributed by atoms with Crippen LogP contribution in [0.4, 0.5) is 0 Å². The summed E-state index contributed by atoms with van der Waals surface area (Å²) < 4.78 is 6.04. The highest BCUT2D eigenvalue weighted by Gasteiger charge is 2.19. The lowest BCUT2D eigenvalue weighted by Gasteiger charge is -2.18. The van der Waals surface area contributed by atoms with Crippen LogP contribution in [0, 0.1) is 0 Å². The maximum absolute atomic E-state index is 12.4. The van der Waals surface area contributed by atoms with Gasteiger partial charge in [0.2, 0.25) is 0 Å². The minimum Gasteiger partial charge on any atom is -0.422 e. The number of halogens is 1. The summed E-state index contributed by atoms with van der Waals surface area (Å²) in [4.78, 5) is 25.9. The fourth-order valence-electron chi connectivity index (χ4n) is 1.97. The quantitative estimate of drug-likeness (QED) is 0.615. The molecule has 1 aromatic carbocycles. The molecule has 0 saturated carbocycles. The first-order valence-corrected chi connectivity index (χ1v) is 7.10. The van der Waals surface area contributed by atoms with Gasteiger partial charge in [0.05, 0.1) is 0 Å². The summed E-state index contributed by atoms with van der Waals surface area (Å²) in [7, 11) is 0. The highest BCUT2D eigenvalue weighted by atomic mass is 79.9. The van der Waals surface area contributed by atoms with E-state index in [4.69, 9.17) is 4.42 Å². The van der Waals surface area contributed by atoms with E-state index in [-0.39, 0.29) is 5.56 Å². The summed E-state index contributed by atoms with van der Waals surface area (Å²) >= 11 is 3.35. The third kappa shape index (κ3) is 3.31. The predicted octanol–water partition coefficient (Wildman–Crippen LogP) is 3.37. The number of carbonyl (C=O) groups excluding carboxylic acids is 1. The van der Waals surface area contributed by atoms with Crippen molar-refractivity contribution in [2.45, 2.75) is 0 Å².